The van der Waals surface area contributed by atoms with E-state index < -0.39 is 0 Å². The van der Waals surface area contributed by atoms with Gasteiger partial charge in [-0.05, 0) is 32.4 Å². The highest BCUT2D eigenvalue weighted by atomic mass is 35.5. The molecule has 3 heteroatoms. The molecular formula is C11H17ClN2. The standard InChI is InChI=1S/C11H17ClN2/c1-9(6-7-12)13-8-11-5-3-4-10(2)14-11/h3-5,9,13H,6-8H2,1-2H3. The van der Waals surface area contributed by atoms with E-state index in [0.29, 0.717) is 11.9 Å². The van der Waals surface area contributed by atoms with E-state index in [1.54, 1.807) is 0 Å². The van der Waals surface area contributed by atoms with Gasteiger partial charge in [0, 0.05) is 24.2 Å². The average Bonchev–Trinajstić information content (AvgIpc) is 2.15. The molecule has 0 spiro atoms. The smallest absolute Gasteiger partial charge is 0.0544 e. The number of hydrogen-bond donors (Lipinski definition) is 1. The van der Waals surface area contributed by atoms with E-state index in [2.05, 4.69) is 17.2 Å². The van der Waals surface area contributed by atoms with Crippen molar-refractivity contribution in [1.82, 2.24) is 10.3 Å². The molecule has 14 heavy (non-hydrogen) atoms. The number of nitrogens with one attached hydrogen (secondary N) is 1. The van der Waals surface area contributed by atoms with Crippen LogP contribution in [0.2, 0.25) is 0 Å². The molecule has 0 saturated heterocycles. The summed E-state index contributed by atoms with van der Waals surface area (Å²) in [5, 5.41) is 3.38. The molecule has 1 rings (SSSR count). The predicted molar refractivity (Wildman–Crippen MR) is 60.6 cm³/mol. The van der Waals surface area contributed by atoms with Gasteiger partial charge in [-0.1, -0.05) is 6.07 Å². The molecule has 1 heterocycles. The molecule has 0 aromatic carbocycles. The van der Waals surface area contributed by atoms with Crippen molar-refractivity contribution in [2.24, 2.45) is 0 Å². The van der Waals surface area contributed by atoms with Crippen molar-refractivity contribution in [3.05, 3.63) is 29.6 Å². The van der Waals surface area contributed by atoms with Gasteiger partial charge < -0.3 is 5.32 Å². The van der Waals surface area contributed by atoms with Crippen LogP contribution in [0.1, 0.15) is 24.7 Å². The third-order valence-electron chi connectivity index (χ3n) is 2.12. The summed E-state index contributed by atoms with van der Waals surface area (Å²) in [5.41, 5.74) is 2.15. The Bertz CT molecular complexity index is 276. The van der Waals surface area contributed by atoms with E-state index in [0.717, 1.165) is 24.4 Å². The van der Waals surface area contributed by atoms with Gasteiger partial charge in [0.25, 0.3) is 0 Å². The zero-order chi connectivity index (χ0) is 10.4. The van der Waals surface area contributed by atoms with Gasteiger partial charge in [0.1, 0.15) is 0 Å². The summed E-state index contributed by atoms with van der Waals surface area (Å²) in [6.45, 7) is 4.96. The fourth-order valence-corrected chi connectivity index (χ4v) is 1.57. The minimum absolute atomic E-state index is 0.454. The molecule has 1 aromatic heterocycles. The Morgan fingerprint density at radius 3 is 2.93 bits per heavy atom. The first kappa shape index (κ1) is 11.5. The number of halogens is 1. The molecule has 1 atom stereocenters. The Balaban J connectivity index is 2.37. The maximum atomic E-state index is 5.65. The molecule has 78 valence electrons. The Hall–Kier alpha value is -0.600. The predicted octanol–water partition coefficient (Wildman–Crippen LogP) is 2.50. The maximum absolute atomic E-state index is 5.65. The number of aromatic nitrogens is 1. The van der Waals surface area contributed by atoms with Crippen LogP contribution >= 0.6 is 11.6 Å². The van der Waals surface area contributed by atoms with Crippen LogP contribution in [0.25, 0.3) is 0 Å². The summed E-state index contributed by atoms with van der Waals surface area (Å²) in [4.78, 5) is 4.41. The fourth-order valence-electron chi connectivity index (χ4n) is 1.24. The summed E-state index contributed by atoms with van der Waals surface area (Å²) in [6, 6.07) is 6.53. The summed E-state index contributed by atoms with van der Waals surface area (Å²) in [5.74, 6) is 0.704. The van der Waals surface area contributed by atoms with E-state index in [1.807, 2.05) is 25.1 Å². The third-order valence-corrected chi connectivity index (χ3v) is 2.34. The average molecular weight is 213 g/mol. The number of rotatable bonds is 5. The molecule has 0 aliphatic rings. The zero-order valence-electron chi connectivity index (χ0n) is 8.76. The lowest BCUT2D eigenvalue weighted by Crippen LogP contribution is -2.26. The monoisotopic (exact) mass is 212 g/mol. The van der Waals surface area contributed by atoms with Crippen molar-refractivity contribution in [2.45, 2.75) is 32.9 Å². The summed E-state index contributed by atoms with van der Waals surface area (Å²) < 4.78 is 0. The van der Waals surface area contributed by atoms with Crippen LogP contribution in [0.4, 0.5) is 0 Å². The second kappa shape index (κ2) is 5.99. The highest BCUT2D eigenvalue weighted by Crippen LogP contribution is 1.99. The number of pyridine rings is 1. The molecule has 0 fully saturated rings. The lowest BCUT2D eigenvalue weighted by Gasteiger charge is -2.11. The van der Waals surface area contributed by atoms with E-state index in [1.165, 1.54) is 0 Å². The molecular weight excluding hydrogens is 196 g/mol. The van der Waals surface area contributed by atoms with Crippen LogP contribution in [-0.4, -0.2) is 16.9 Å². The lowest BCUT2D eigenvalue weighted by atomic mass is 10.2. The van der Waals surface area contributed by atoms with Crippen LogP contribution in [0.15, 0.2) is 18.2 Å². The fraction of sp³-hybridized carbons (Fsp3) is 0.545. The molecule has 0 aliphatic carbocycles. The second-order valence-electron chi connectivity index (χ2n) is 3.53. The molecule has 0 aliphatic heterocycles. The van der Waals surface area contributed by atoms with Crippen molar-refractivity contribution >= 4 is 11.6 Å². The highest BCUT2D eigenvalue weighted by molar-refractivity contribution is 6.17. The molecule has 2 nitrogen and oxygen atoms in total. The Morgan fingerprint density at radius 1 is 1.50 bits per heavy atom. The number of hydrogen-bond acceptors (Lipinski definition) is 2. The number of nitrogens with zero attached hydrogens (tertiary/aromatic N) is 1. The van der Waals surface area contributed by atoms with Gasteiger partial charge in [0.05, 0.1) is 5.69 Å². The minimum Gasteiger partial charge on any atom is -0.309 e. The van der Waals surface area contributed by atoms with Gasteiger partial charge in [-0.2, -0.15) is 0 Å². The van der Waals surface area contributed by atoms with Gasteiger partial charge in [0.15, 0.2) is 0 Å². The number of aryl methyl sites for hydroxylation is 1. The lowest BCUT2D eigenvalue weighted by molar-refractivity contribution is 0.531. The summed E-state index contributed by atoms with van der Waals surface area (Å²) in [6.07, 6.45) is 0.993. The van der Waals surface area contributed by atoms with Gasteiger partial charge in [-0.15, -0.1) is 11.6 Å². The van der Waals surface area contributed by atoms with Gasteiger partial charge in [-0.25, -0.2) is 0 Å². The van der Waals surface area contributed by atoms with Crippen molar-refractivity contribution in [1.29, 1.82) is 0 Å². The van der Waals surface area contributed by atoms with E-state index in [9.17, 15) is 0 Å². The molecule has 0 radical (unpaired) electrons. The van der Waals surface area contributed by atoms with Crippen LogP contribution in [0.5, 0.6) is 0 Å². The summed E-state index contributed by atoms with van der Waals surface area (Å²) in [7, 11) is 0. The summed E-state index contributed by atoms with van der Waals surface area (Å²) >= 11 is 5.65. The van der Waals surface area contributed by atoms with Crippen LogP contribution in [-0.2, 0) is 6.54 Å². The van der Waals surface area contributed by atoms with Crippen molar-refractivity contribution in [3.8, 4) is 0 Å². The Morgan fingerprint density at radius 2 is 2.29 bits per heavy atom. The van der Waals surface area contributed by atoms with Crippen LogP contribution < -0.4 is 5.32 Å². The largest absolute Gasteiger partial charge is 0.309 e. The van der Waals surface area contributed by atoms with E-state index in [4.69, 9.17) is 11.6 Å². The third kappa shape index (κ3) is 4.07. The molecule has 1 N–H and O–H groups in total. The topological polar surface area (TPSA) is 24.9 Å². The molecule has 0 amide bonds. The normalized spacial score (nSPS) is 12.8. The molecule has 0 bridgehead atoms. The number of alkyl halides is 1. The van der Waals surface area contributed by atoms with Crippen molar-refractivity contribution < 1.29 is 0 Å². The Labute approximate surface area is 90.7 Å². The first-order valence-electron chi connectivity index (χ1n) is 4.94. The first-order chi connectivity index (χ1) is 6.72. The zero-order valence-corrected chi connectivity index (χ0v) is 9.51. The molecule has 0 saturated carbocycles. The second-order valence-corrected chi connectivity index (χ2v) is 3.91. The maximum Gasteiger partial charge on any atom is 0.0544 e. The van der Waals surface area contributed by atoms with Gasteiger partial charge in [-0.3, -0.25) is 4.98 Å². The van der Waals surface area contributed by atoms with Gasteiger partial charge >= 0.3 is 0 Å². The van der Waals surface area contributed by atoms with Crippen LogP contribution in [0.3, 0.4) is 0 Å². The SMILES string of the molecule is Cc1cccc(CNC(C)CCCl)n1. The minimum atomic E-state index is 0.454. The Kier molecular flexibility index (Phi) is 4.91. The van der Waals surface area contributed by atoms with E-state index >= 15 is 0 Å². The highest BCUT2D eigenvalue weighted by Gasteiger charge is 2.00. The van der Waals surface area contributed by atoms with E-state index in [-0.39, 0.29) is 0 Å². The quantitative estimate of drug-likeness (QED) is 0.759. The van der Waals surface area contributed by atoms with Crippen molar-refractivity contribution in [2.75, 3.05) is 5.88 Å². The molecule has 1 aromatic rings. The first-order valence-corrected chi connectivity index (χ1v) is 5.47. The van der Waals surface area contributed by atoms with Crippen molar-refractivity contribution in [3.63, 3.8) is 0 Å². The molecule has 1 unspecified atom stereocenters. The van der Waals surface area contributed by atoms with Gasteiger partial charge in [0.2, 0.25) is 0 Å². The van der Waals surface area contributed by atoms with Crippen LogP contribution in [0, 0.1) is 6.92 Å².